The van der Waals surface area contributed by atoms with Gasteiger partial charge in [0.25, 0.3) is 0 Å². The lowest BCUT2D eigenvalue weighted by molar-refractivity contribution is 0.0645. The summed E-state index contributed by atoms with van der Waals surface area (Å²) in [5, 5.41) is 14.3. The third-order valence-corrected chi connectivity index (χ3v) is 3.56. The van der Waals surface area contributed by atoms with Crippen molar-refractivity contribution in [3.8, 4) is 0 Å². The Labute approximate surface area is 95.4 Å². The van der Waals surface area contributed by atoms with Crippen molar-refractivity contribution in [2.75, 3.05) is 12.0 Å². The van der Waals surface area contributed by atoms with Gasteiger partial charge in [-0.05, 0) is 18.8 Å². The maximum absolute atomic E-state index is 11.0. The van der Waals surface area contributed by atoms with Crippen LogP contribution in [-0.2, 0) is 14.6 Å². The Morgan fingerprint density at radius 3 is 2.56 bits per heavy atom. The molecule has 1 saturated carbocycles. The van der Waals surface area contributed by atoms with Crippen LogP contribution < -0.4 is 0 Å². The van der Waals surface area contributed by atoms with Crippen LogP contribution in [0.3, 0.4) is 0 Å². The standard InChI is InChI=1S/C10H16N2O3S/c1-7(5-11)10(12)15-9-3-8(4-9)6-16(2,13)14/h5,8-9,11-12H,1,3-4,6H2,2H3/t8-,9-. The molecule has 0 heterocycles. The van der Waals surface area contributed by atoms with E-state index in [2.05, 4.69) is 6.58 Å². The number of hydrogen-bond acceptors (Lipinski definition) is 5. The summed E-state index contributed by atoms with van der Waals surface area (Å²) < 4.78 is 27.2. The Morgan fingerprint density at radius 1 is 1.56 bits per heavy atom. The number of ether oxygens (including phenoxy) is 1. The van der Waals surface area contributed by atoms with Crippen molar-refractivity contribution in [1.29, 1.82) is 10.8 Å². The highest BCUT2D eigenvalue weighted by Crippen LogP contribution is 2.31. The van der Waals surface area contributed by atoms with Gasteiger partial charge in [0.15, 0.2) is 0 Å². The largest absolute Gasteiger partial charge is 0.474 e. The molecule has 0 aromatic heterocycles. The van der Waals surface area contributed by atoms with Crippen LogP contribution in [0.2, 0.25) is 0 Å². The summed E-state index contributed by atoms with van der Waals surface area (Å²) in [7, 11) is -2.92. The van der Waals surface area contributed by atoms with Crippen LogP contribution in [0.25, 0.3) is 0 Å². The quantitative estimate of drug-likeness (QED) is 0.558. The van der Waals surface area contributed by atoms with Gasteiger partial charge in [-0.1, -0.05) is 6.58 Å². The normalized spacial score (nSPS) is 24.3. The van der Waals surface area contributed by atoms with Crippen LogP contribution in [0.5, 0.6) is 0 Å². The van der Waals surface area contributed by atoms with E-state index in [1.165, 1.54) is 6.26 Å². The SMILES string of the molecule is C=C(C=N)C(=N)O[C@H]1C[C@H](CS(C)(=O)=O)C1. The Kier molecular flexibility index (Phi) is 3.85. The average molecular weight is 244 g/mol. The van der Waals surface area contributed by atoms with Crippen molar-refractivity contribution in [1.82, 2.24) is 0 Å². The van der Waals surface area contributed by atoms with Gasteiger partial charge in [-0.3, -0.25) is 5.41 Å². The summed E-state index contributed by atoms with van der Waals surface area (Å²) >= 11 is 0. The second kappa shape index (κ2) is 4.78. The molecule has 0 atom stereocenters. The third kappa shape index (κ3) is 3.77. The fourth-order valence-electron chi connectivity index (χ4n) is 1.64. The number of sulfone groups is 1. The number of nitrogens with one attached hydrogen (secondary N) is 2. The van der Waals surface area contributed by atoms with Gasteiger partial charge in [0, 0.05) is 18.0 Å². The zero-order valence-electron chi connectivity index (χ0n) is 9.19. The van der Waals surface area contributed by atoms with E-state index in [1.807, 2.05) is 0 Å². The molecule has 6 heteroatoms. The lowest BCUT2D eigenvalue weighted by Gasteiger charge is -2.34. The second-order valence-corrected chi connectivity index (χ2v) is 6.35. The maximum Gasteiger partial charge on any atom is 0.214 e. The van der Waals surface area contributed by atoms with Crippen molar-refractivity contribution in [3.63, 3.8) is 0 Å². The van der Waals surface area contributed by atoms with Gasteiger partial charge in [-0.25, -0.2) is 8.42 Å². The molecule has 5 nitrogen and oxygen atoms in total. The highest BCUT2D eigenvalue weighted by Gasteiger charge is 2.33. The van der Waals surface area contributed by atoms with Crippen LogP contribution in [-0.4, -0.2) is 38.6 Å². The highest BCUT2D eigenvalue weighted by molar-refractivity contribution is 7.90. The fourth-order valence-corrected chi connectivity index (χ4v) is 2.77. The first-order valence-corrected chi connectivity index (χ1v) is 7.00. The van der Waals surface area contributed by atoms with Gasteiger partial charge in [0.2, 0.25) is 5.90 Å². The second-order valence-electron chi connectivity index (χ2n) is 4.17. The van der Waals surface area contributed by atoms with Gasteiger partial charge in [-0.15, -0.1) is 0 Å². The molecule has 0 aliphatic heterocycles. The van der Waals surface area contributed by atoms with Crippen molar-refractivity contribution in [2.45, 2.75) is 18.9 Å². The summed E-state index contributed by atoms with van der Waals surface area (Å²) in [5.41, 5.74) is 0.228. The van der Waals surface area contributed by atoms with Crippen molar-refractivity contribution in [3.05, 3.63) is 12.2 Å². The predicted molar refractivity (Wildman–Crippen MR) is 63.0 cm³/mol. The van der Waals surface area contributed by atoms with Gasteiger partial charge < -0.3 is 10.1 Å². The van der Waals surface area contributed by atoms with Crippen LogP contribution in [0.1, 0.15) is 12.8 Å². The predicted octanol–water partition coefficient (Wildman–Crippen LogP) is 1.01. The zero-order chi connectivity index (χ0) is 12.3. The van der Waals surface area contributed by atoms with Crippen LogP contribution >= 0.6 is 0 Å². The molecule has 2 N–H and O–H groups in total. The van der Waals surface area contributed by atoms with E-state index in [0.29, 0.717) is 12.8 Å². The molecule has 1 fully saturated rings. The monoisotopic (exact) mass is 244 g/mol. The molecule has 0 unspecified atom stereocenters. The first-order valence-electron chi connectivity index (χ1n) is 4.94. The molecule has 0 saturated heterocycles. The molecular weight excluding hydrogens is 228 g/mol. The van der Waals surface area contributed by atoms with E-state index < -0.39 is 9.84 Å². The smallest absolute Gasteiger partial charge is 0.214 e. The molecule has 0 radical (unpaired) electrons. The van der Waals surface area contributed by atoms with Crippen LogP contribution in [0.4, 0.5) is 0 Å². The van der Waals surface area contributed by atoms with Crippen LogP contribution in [0, 0.1) is 16.7 Å². The molecule has 1 aliphatic rings. The van der Waals surface area contributed by atoms with Crippen LogP contribution in [0.15, 0.2) is 12.2 Å². The Bertz CT molecular complexity index is 408. The lowest BCUT2D eigenvalue weighted by atomic mass is 9.84. The summed E-state index contributed by atoms with van der Waals surface area (Å²) in [5.74, 6) is 0.227. The molecule has 0 aromatic rings. The first-order chi connectivity index (χ1) is 7.31. The van der Waals surface area contributed by atoms with Gasteiger partial charge in [0.05, 0.1) is 5.75 Å². The molecule has 0 spiro atoms. The zero-order valence-corrected chi connectivity index (χ0v) is 10.0. The fraction of sp³-hybridized carbons (Fsp3) is 0.600. The minimum absolute atomic E-state index is 0.0993. The van der Waals surface area contributed by atoms with Gasteiger partial charge in [-0.2, -0.15) is 0 Å². The van der Waals surface area contributed by atoms with Crippen molar-refractivity contribution < 1.29 is 13.2 Å². The highest BCUT2D eigenvalue weighted by atomic mass is 32.2. The first kappa shape index (κ1) is 12.9. The van der Waals surface area contributed by atoms with Crippen molar-refractivity contribution in [2.24, 2.45) is 5.92 Å². The van der Waals surface area contributed by atoms with Gasteiger partial charge >= 0.3 is 0 Å². The molecule has 0 amide bonds. The molecular formula is C10H16N2O3S. The molecule has 90 valence electrons. The van der Waals surface area contributed by atoms with Crippen molar-refractivity contribution >= 4 is 21.9 Å². The summed E-state index contributed by atoms with van der Waals surface area (Å²) in [6.07, 6.45) is 3.40. The average Bonchev–Trinajstić information content (AvgIpc) is 2.10. The number of hydrogen-bond donors (Lipinski definition) is 2. The molecule has 0 aromatic carbocycles. The van der Waals surface area contributed by atoms with E-state index >= 15 is 0 Å². The Balaban J connectivity index is 2.30. The van der Waals surface area contributed by atoms with E-state index in [4.69, 9.17) is 15.6 Å². The summed E-state index contributed by atoms with van der Waals surface area (Å²) in [6, 6.07) is 0. The topological polar surface area (TPSA) is 91.1 Å². The lowest BCUT2D eigenvalue weighted by Crippen LogP contribution is -2.37. The van der Waals surface area contributed by atoms with E-state index in [0.717, 1.165) is 6.21 Å². The minimum Gasteiger partial charge on any atom is -0.474 e. The summed E-state index contributed by atoms with van der Waals surface area (Å²) in [6.45, 7) is 3.47. The Hall–Kier alpha value is -1.17. The summed E-state index contributed by atoms with van der Waals surface area (Å²) in [4.78, 5) is 0. The minimum atomic E-state index is -2.92. The van der Waals surface area contributed by atoms with E-state index in [1.54, 1.807) is 0 Å². The molecule has 0 bridgehead atoms. The molecule has 1 rings (SSSR count). The van der Waals surface area contributed by atoms with Gasteiger partial charge in [0.1, 0.15) is 15.9 Å². The maximum atomic E-state index is 11.0. The molecule has 16 heavy (non-hydrogen) atoms. The van der Waals surface area contributed by atoms with E-state index in [9.17, 15) is 8.42 Å². The number of rotatable bonds is 5. The Morgan fingerprint density at radius 2 is 2.12 bits per heavy atom. The molecule has 1 aliphatic carbocycles. The van der Waals surface area contributed by atoms with E-state index in [-0.39, 0.29) is 29.2 Å². The third-order valence-electron chi connectivity index (χ3n) is 2.48.